The Hall–Kier alpha value is -2.69. The number of anilines is 1. The number of amides is 2. The number of sulfonamides is 1. The molecule has 0 fully saturated rings. The van der Waals surface area contributed by atoms with Gasteiger partial charge in [0.1, 0.15) is 24.1 Å². The third kappa shape index (κ3) is 8.41. The fraction of sp³-hybridized carbons (Fsp3) is 0.440. The largest absolute Gasteiger partial charge is 0.497 e. The molecule has 0 aliphatic carbocycles. The first-order valence-electron chi connectivity index (χ1n) is 11.6. The standard InChI is InChI=1S/C25H33Cl2N3O6S/c1-6-7-12-28-25(32)17(2)29(15-18-8-9-19(26)13-21(18)27)24(31)16-30(37(5,33)34)22-14-20(35-3)10-11-23(22)36-4/h8-11,13-14,17H,6-7,12,15-16H2,1-5H3,(H,28,32)/t17-/m1/s1. The number of rotatable bonds is 13. The van der Waals surface area contributed by atoms with Gasteiger partial charge in [-0.25, -0.2) is 8.42 Å². The number of nitrogens with zero attached hydrogens (tertiary/aromatic N) is 2. The molecule has 9 nitrogen and oxygen atoms in total. The number of carbonyl (C=O) groups is 2. The molecule has 2 aromatic carbocycles. The zero-order chi connectivity index (χ0) is 27.8. The summed E-state index contributed by atoms with van der Waals surface area (Å²) in [5.74, 6) is -0.363. The van der Waals surface area contributed by atoms with E-state index in [0.29, 0.717) is 27.9 Å². The van der Waals surface area contributed by atoms with Crippen LogP contribution in [0.2, 0.25) is 10.0 Å². The highest BCUT2D eigenvalue weighted by molar-refractivity contribution is 7.92. The van der Waals surface area contributed by atoms with E-state index in [1.54, 1.807) is 31.2 Å². The van der Waals surface area contributed by atoms with Crippen LogP contribution in [0.1, 0.15) is 32.3 Å². The number of carbonyl (C=O) groups excluding carboxylic acids is 2. The van der Waals surface area contributed by atoms with E-state index in [1.165, 1.54) is 31.3 Å². The van der Waals surface area contributed by atoms with E-state index in [1.807, 2.05) is 6.92 Å². The average Bonchev–Trinajstić information content (AvgIpc) is 2.85. The van der Waals surface area contributed by atoms with Gasteiger partial charge in [0, 0.05) is 29.2 Å². The molecule has 0 aromatic heterocycles. The Kier molecular flexibility index (Phi) is 11.3. The normalized spacial score (nSPS) is 12.0. The molecule has 204 valence electrons. The molecule has 0 aliphatic rings. The van der Waals surface area contributed by atoms with E-state index in [2.05, 4.69) is 5.32 Å². The van der Waals surface area contributed by atoms with Crippen LogP contribution in [0.5, 0.6) is 11.5 Å². The summed E-state index contributed by atoms with van der Waals surface area (Å²) in [6, 6.07) is 8.54. The number of nitrogens with one attached hydrogen (secondary N) is 1. The van der Waals surface area contributed by atoms with E-state index >= 15 is 0 Å². The highest BCUT2D eigenvalue weighted by atomic mass is 35.5. The summed E-state index contributed by atoms with van der Waals surface area (Å²) >= 11 is 12.4. The maximum atomic E-state index is 13.7. The lowest BCUT2D eigenvalue weighted by Gasteiger charge is -2.32. The van der Waals surface area contributed by atoms with Gasteiger partial charge in [0.15, 0.2) is 0 Å². The number of ether oxygens (including phenoxy) is 2. The molecule has 0 spiro atoms. The molecule has 37 heavy (non-hydrogen) atoms. The van der Waals surface area contributed by atoms with Gasteiger partial charge >= 0.3 is 0 Å². The SMILES string of the molecule is CCCCNC(=O)[C@@H](C)N(Cc1ccc(Cl)cc1Cl)C(=O)CN(c1cc(OC)ccc1OC)S(C)(=O)=O. The lowest BCUT2D eigenvalue weighted by Crippen LogP contribution is -2.51. The molecule has 0 unspecified atom stereocenters. The molecule has 0 bridgehead atoms. The summed E-state index contributed by atoms with van der Waals surface area (Å²) in [5.41, 5.74) is 0.680. The van der Waals surface area contributed by atoms with Crippen molar-refractivity contribution in [3.8, 4) is 11.5 Å². The lowest BCUT2D eigenvalue weighted by molar-refractivity contribution is -0.139. The number of hydrogen-bond acceptors (Lipinski definition) is 6. The van der Waals surface area contributed by atoms with Gasteiger partial charge in [-0.2, -0.15) is 0 Å². The Bertz CT molecular complexity index is 1210. The summed E-state index contributed by atoms with van der Waals surface area (Å²) < 4.78 is 37.2. The number of benzene rings is 2. The van der Waals surface area contributed by atoms with Gasteiger partial charge < -0.3 is 19.7 Å². The van der Waals surface area contributed by atoms with Crippen molar-refractivity contribution >= 4 is 50.7 Å². The smallest absolute Gasteiger partial charge is 0.244 e. The Morgan fingerprint density at radius 3 is 2.35 bits per heavy atom. The van der Waals surface area contributed by atoms with Crippen molar-refractivity contribution in [1.29, 1.82) is 0 Å². The summed E-state index contributed by atoms with van der Waals surface area (Å²) in [4.78, 5) is 27.9. The first kappa shape index (κ1) is 30.5. The van der Waals surface area contributed by atoms with Gasteiger partial charge in [0.05, 0.1) is 26.2 Å². The second kappa shape index (κ2) is 13.7. The molecule has 0 saturated heterocycles. The molecule has 0 aliphatic heterocycles. The fourth-order valence-electron chi connectivity index (χ4n) is 3.54. The van der Waals surface area contributed by atoms with Gasteiger partial charge in [0.25, 0.3) is 0 Å². The maximum Gasteiger partial charge on any atom is 0.244 e. The highest BCUT2D eigenvalue weighted by Gasteiger charge is 2.31. The number of hydrogen-bond donors (Lipinski definition) is 1. The van der Waals surface area contributed by atoms with Crippen LogP contribution in [0, 0.1) is 0 Å². The van der Waals surface area contributed by atoms with Crippen LogP contribution in [-0.2, 0) is 26.2 Å². The molecule has 2 amide bonds. The van der Waals surface area contributed by atoms with Crippen LogP contribution in [0.3, 0.4) is 0 Å². The second-order valence-corrected chi connectivity index (χ2v) is 11.1. The Morgan fingerprint density at radius 2 is 1.78 bits per heavy atom. The Morgan fingerprint density at radius 1 is 1.08 bits per heavy atom. The summed E-state index contributed by atoms with van der Waals surface area (Å²) in [5, 5.41) is 3.56. The minimum absolute atomic E-state index is 0.0377. The molecular weight excluding hydrogens is 541 g/mol. The zero-order valence-corrected chi connectivity index (χ0v) is 23.9. The van der Waals surface area contributed by atoms with Crippen LogP contribution in [0.15, 0.2) is 36.4 Å². The van der Waals surface area contributed by atoms with E-state index in [9.17, 15) is 18.0 Å². The first-order valence-corrected chi connectivity index (χ1v) is 14.2. The predicted octanol–water partition coefficient (Wildman–Crippen LogP) is 4.11. The van der Waals surface area contributed by atoms with E-state index in [-0.39, 0.29) is 23.9 Å². The van der Waals surface area contributed by atoms with Crippen molar-refractivity contribution in [1.82, 2.24) is 10.2 Å². The monoisotopic (exact) mass is 573 g/mol. The van der Waals surface area contributed by atoms with Gasteiger partial charge in [-0.3, -0.25) is 13.9 Å². The van der Waals surface area contributed by atoms with Crippen molar-refractivity contribution in [2.45, 2.75) is 39.3 Å². The van der Waals surface area contributed by atoms with Crippen molar-refractivity contribution in [2.75, 3.05) is 37.9 Å². The third-order valence-electron chi connectivity index (χ3n) is 5.69. The molecule has 12 heteroatoms. The summed E-state index contributed by atoms with van der Waals surface area (Å²) in [7, 11) is -1.11. The lowest BCUT2D eigenvalue weighted by atomic mass is 10.1. The van der Waals surface area contributed by atoms with Crippen LogP contribution >= 0.6 is 23.2 Å². The van der Waals surface area contributed by atoms with Crippen molar-refractivity contribution < 1.29 is 27.5 Å². The molecule has 0 saturated carbocycles. The van der Waals surface area contributed by atoms with E-state index in [4.69, 9.17) is 32.7 Å². The minimum atomic E-state index is -3.95. The van der Waals surface area contributed by atoms with Crippen molar-refractivity contribution in [3.63, 3.8) is 0 Å². The van der Waals surface area contributed by atoms with Crippen LogP contribution in [0.25, 0.3) is 0 Å². The van der Waals surface area contributed by atoms with Crippen molar-refractivity contribution in [2.24, 2.45) is 0 Å². The zero-order valence-electron chi connectivity index (χ0n) is 21.6. The van der Waals surface area contributed by atoms with E-state index in [0.717, 1.165) is 23.4 Å². The number of halogens is 2. The van der Waals surface area contributed by atoms with Crippen LogP contribution < -0.4 is 19.1 Å². The molecule has 1 N–H and O–H groups in total. The second-order valence-electron chi connectivity index (χ2n) is 8.39. The quantitative estimate of drug-likeness (QED) is 0.361. The average molecular weight is 575 g/mol. The molecule has 1 atom stereocenters. The Labute approximate surface area is 228 Å². The maximum absolute atomic E-state index is 13.7. The van der Waals surface area contributed by atoms with Crippen LogP contribution in [0.4, 0.5) is 5.69 Å². The van der Waals surface area contributed by atoms with Gasteiger partial charge in [-0.15, -0.1) is 0 Å². The molecule has 2 aromatic rings. The van der Waals surface area contributed by atoms with Gasteiger partial charge in [-0.05, 0) is 43.2 Å². The molecule has 0 heterocycles. The van der Waals surface area contributed by atoms with Gasteiger partial charge in [-0.1, -0.05) is 42.6 Å². The molecule has 2 rings (SSSR count). The van der Waals surface area contributed by atoms with Crippen molar-refractivity contribution in [3.05, 3.63) is 52.0 Å². The minimum Gasteiger partial charge on any atom is -0.497 e. The topological polar surface area (TPSA) is 105 Å². The van der Waals surface area contributed by atoms with E-state index < -0.39 is 28.5 Å². The fourth-order valence-corrected chi connectivity index (χ4v) is 4.85. The molecular formula is C25H33Cl2N3O6S. The highest BCUT2D eigenvalue weighted by Crippen LogP contribution is 2.34. The number of unbranched alkanes of at least 4 members (excludes halogenated alkanes) is 1. The first-order chi connectivity index (χ1) is 17.4. The predicted molar refractivity (Wildman–Crippen MR) is 146 cm³/mol. The molecule has 0 radical (unpaired) electrons. The summed E-state index contributed by atoms with van der Waals surface area (Å²) in [6.07, 6.45) is 2.66. The number of methoxy groups -OCH3 is 2. The third-order valence-corrected chi connectivity index (χ3v) is 7.40. The Balaban J connectivity index is 2.48. The van der Waals surface area contributed by atoms with Crippen LogP contribution in [-0.4, -0.2) is 64.7 Å². The van der Waals surface area contributed by atoms with Gasteiger partial charge in [0.2, 0.25) is 21.8 Å². The summed E-state index contributed by atoms with van der Waals surface area (Å²) in [6.45, 7) is 3.42.